The van der Waals surface area contributed by atoms with E-state index in [-0.39, 0.29) is 5.41 Å². The van der Waals surface area contributed by atoms with Crippen LogP contribution in [0.1, 0.15) is 77.5 Å². The van der Waals surface area contributed by atoms with E-state index in [9.17, 15) is 5.11 Å². The molecule has 0 radical (unpaired) electrons. The fraction of sp³-hybridized carbons (Fsp3) is 0.826. The third-order valence-electron chi connectivity index (χ3n) is 9.46. The number of aromatic nitrogens is 2. The van der Waals surface area contributed by atoms with Crippen LogP contribution in [0.4, 0.5) is 0 Å². The Morgan fingerprint density at radius 1 is 1.14 bits per heavy atom. The van der Waals surface area contributed by atoms with Crippen molar-refractivity contribution in [3.05, 3.63) is 17.5 Å². The topological polar surface area (TPSA) is 86.2 Å². The van der Waals surface area contributed by atoms with Gasteiger partial charge in [-0.15, -0.1) is 0 Å². The van der Waals surface area contributed by atoms with E-state index in [1.807, 2.05) is 0 Å². The van der Waals surface area contributed by atoms with Gasteiger partial charge in [-0.3, -0.25) is 9.89 Å². The first kappa shape index (κ1) is 19.9. The Labute approximate surface area is 168 Å². The minimum absolute atomic E-state index is 0.146. The average Bonchev–Trinajstić information content (AvgIpc) is 3.13. The van der Waals surface area contributed by atoms with E-state index in [2.05, 4.69) is 37.2 Å². The highest BCUT2D eigenvalue weighted by Crippen LogP contribution is 2.67. The summed E-state index contributed by atoms with van der Waals surface area (Å²) in [6.07, 6.45) is 12.0. The maximum Gasteiger partial charge on any atom is 0.300 e. The van der Waals surface area contributed by atoms with E-state index < -0.39 is 11.6 Å². The van der Waals surface area contributed by atoms with Crippen LogP contribution in [0, 0.1) is 34.5 Å². The second kappa shape index (κ2) is 6.58. The highest BCUT2D eigenvalue weighted by Gasteiger charge is 2.63. The van der Waals surface area contributed by atoms with Crippen LogP contribution in [0.15, 0.2) is 6.20 Å². The zero-order valence-electron chi connectivity index (χ0n) is 17.8. The summed E-state index contributed by atoms with van der Waals surface area (Å²) in [7, 11) is 0. The van der Waals surface area contributed by atoms with Crippen molar-refractivity contribution in [3.8, 4) is 0 Å². The van der Waals surface area contributed by atoms with Crippen LogP contribution in [0.25, 0.3) is 0 Å². The zero-order chi connectivity index (χ0) is 20.3. The average molecular weight is 389 g/mol. The van der Waals surface area contributed by atoms with Crippen LogP contribution >= 0.6 is 0 Å². The summed E-state index contributed by atoms with van der Waals surface area (Å²) in [5, 5.41) is 26.0. The summed E-state index contributed by atoms with van der Waals surface area (Å²) in [5.41, 5.74) is 3.01. The summed E-state index contributed by atoms with van der Waals surface area (Å²) in [5.74, 6) is 2.38. The van der Waals surface area contributed by atoms with Gasteiger partial charge in [0, 0.05) is 12.6 Å². The predicted octanol–water partition coefficient (Wildman–Crippen LogP) is 4.21. The SMILES string of the molecule is CC(=O)O.C[C@]12Cc3cn[nH]c3C[C@@H]1CC[C@@H]1[C@@H]2CC[C@@]2(C)[C@H]1CC[C@]2(C)O. The van der Waals surface area contributed by atoms with Gasteiger partial charge in [0.1, 0.15) is 0 Å². The molecule has 0 saturated heterocycles. The van der Waals surface area contributed by atoms with Crippen molar-refractivity contribution in [1.29, 1.82) is 0 Å². The van der Waals surface area contributed by atoms with E-state index in [1.54, 1.807) is 0 Å². The lowest BCUT2D eigenvalue weighted by atomic mass is 9.44. The van der Waals surface area contributed by atoms with E-state index in [4.69, 9.17) is 9.90 Å². The number of carboxylic acid groups (broad SMARTS) is 1. The number of rotatable bonds is 0. The molecule has 0 spiro atoms. The van der Waals surface area contributed by atoms with E-state index in [0.29, 0.717) is 5.41 Å². The largest absolute Gasteiger partial charge is 0.481 e. The normalized spacial score (nSPS) is 46.3. The molecule has 28 heavy (non-hydrogen) atoms. The number of hydrogen-bond acceptors (Lipinski definition) is 3. The van der Waals surface area contributed by atoms with Gasteiger partial charge in [0.05, 0.1) is 11.8 Å². The number of hydrogen-bond donors (Lipinski definition) is 3. The first-order valence-corrected chi connectivity index (χ1v) is 11.0. The lowest BCUT2D eigenvalue weighted by molar-refractivity contribution is -0.139. The Kier molecular flexibility index (Phi) is 4.68. The number of carbonyl (C=O) groups is 1. The van der Waals surface area contributed by atoms with Gasteiger partial charge in [-0.1, -0.05) is 13.8 Å². The molecule has 1 aromatic heterocycles. The maximum atomic E-state index is 11.0. The highest BCUT2D eigenvalue weighted by molar-refractivity contribution is 5.62. The monoisotopic (exact) mass is 388 g/mol. The van der Waals surface area contributed by atoms with Gasteiger partial charge in [-0.25, -0.2) is 0 Å². The predicted molar refractivity (Wildman–Crippen MR) is 108 cm³/mol. The summed E-state index contributed by atoms with van der Waals surface area (Å²) >= 11 is 0. The van der Waals surface area contributed by atoms with Crippen LogP contribution in [-0.4, -0.2) is 32.0 Å². The Morgan fingerprint density at radius 3 is 2.54 bits per heavy atom. The van der Waals surface area contributed by atoms with Gasteiger partial charge in [0.25, 0.3) is 5.97 Å². The number of fused-ring (bicyclic) bond motifs is 6. The molecule has 3 saturated carbocycles. The minimum Gasteiger partial charge on any atom is -0.481 e. The molecular formula is C23H36N2O3. The van der Waals surface area contributed by atoms with Gasteiger partial charge in [0.2, 0.25) is 0 Å². The lowest BCUT2D eigenvalue weighted by Crippen LogP contribution is -2.56. The number of carboxylic acids is 1. The van der Waals surface area contributed by atoms with Crippen molar-refractivity contribution >= 4 is 5.97 Å². The lowest BCUT2D eigenvalue weighted by Gasteiger charge is -2.60. The molecule has 0 aliphatic heterocycles. The summed E-state index contributed by atoms with van der Waals surface area (Å²) in [6.45, 7) is 8.17. The second-order valence-corrected chi connectivity index (χ2v) is 10.7. The number of H-pyrrole nitrogens is 1. The van der Waals surface area contributed by atoms with Crippen LogP contribution in [-0.2, 0) is 17.6 Å². The number of aliphatic hydroxyl groups is 1. The maximum absolute atomic E-state index is 11.0. The fourth-order valence-corrected chi connectivity index (χ4v) is 7.71. The van der Waals surface area contributed by atoms with Crippen molar-refractivity contribution < 1.29 is 15.0 Å². The van der Waals surface area contributed by atoms with Crippen molar-refractivity contribution in [2.24, 2.45) is 34.5 Å². The van der Waals surface area contributed by atoms with Gasteiger partial charge in [-0.2, -0.15) is 5.10 Å². The minimum atomic E-state index is -0.833. The highest BCUT2D eigenvalue weighted by atomic mass is 16.4. The number of aliphatic carboxylic acids is 1. The third kappa shape index (κ3) is 2.84. The summed E-state index contributed by atoms with van der Waals surface area (Å²) in [6, 6.07) is 0. The molecule has 5 rings (SSSR count). The van der Waals surface area contributed by atoms with Crippen molar-refractivity contribution in [2.75, 3.05) is 0 Å². The molecule has 1 heterocycles. The molecule has 5 nitrogen and oxygen atoms in total. The summed E-state index contributed by atoms with van der Waals surface area (Å²) < 4.78 is 0. The molecule has 0 aromatic carbocycles. The fourth-order valence-electron chi connectivity index (χ4n) is 7.71. The van der Waals surface area contributed by atoms with Crippen LogP contribution in [0.5, 0.6) is 0 Å². The second-order valence-electron chi connectivity index (χ2n) is 10.7. The van der Waals surface area contributed by atoms with E-state index in [0.717, 1.165) is 37.0 Å². The molecule has 0 amide bonds. The van der Waals surface area contributed by atoms with Crippen LogP contribution in [0.2, 0.25) is 0 Å². The van der Waals surface area contributed by atoms with Crippen molar-refractivity contribution in [3.63, 3.8) is 0 Å². The van der Waals surface area contributed by atoms with Gasteiger partial charge in [-0.05, 0) is 98.4 Å². The molecule has 3 N–H and O–H groups in total. The molecule has 7 atom stereocenters. The molecule has 3 fully saturated rings. The van der Waals surface area contributed by atoms with Gasteiger partial charge >= 0.3 is 0 Å². The van der Waals surface area contributed by atoms with Crippen molar-refractivity contribution in [1.82, 2.24) is 10.2 Å². The van der Waals surface area contributed by atoms with Gasteiger partial charge < -0.3 is 10.2 Å². The smallest absolute Gasteiger partial charge is 0.300 e. The zero-order valence-corrected chi connectivity index (χ0v) is 17.8. The van der Waals surface area contributed by atoms with Crippen LogP contribution < -0.4 is 0 Å². The number of aromatic amines is 1. The third-order valence-corrected chi connectivity index (χ3v) is 9.46. The Morgan fingerprint density at radius 2 is 1.82 bits per heavy atom. The molecule has 156 valence electrons. The van der Waals surface area contributed by atoms with Crippen LogP contribution in [0.3, 0.4) is 0 Å². The molecule has 5 heteroatoms. The molecule has 0 unspecified atom stereocenters. The standard InChI is InChI=1S/C21H32N2O.C2H4O2/c1-19-11-13-12-22-23-18(13)10-14(19)4-5-15-16(19)6-8-20(2)17(15)7-9-21(20,3)24;1-2(3)4/h12,14-17,24H,4-11H2,1-3H3,(H,22,23);1H3,(H,3,4)/t14-,15+,16-,17-,19-,20-,21-;/m0./s1. The Hall–Kier alpha value is -1.36. The Bertz CT molecular complexity index is 753. The quantitative estimate of drug-likeness (QED) is 0.621. The number of nitrogens with one attached hydrogen (secondary N) is 1. The first-order valence-electron chi connectivity index (χ1n) is 11.0. The first-order chi connectivity index (χ1) is 13.1. The van der Waals surface area contributed by atoms with Gasteiger partial charge in [0.15, 0.2) is 0 Å². The van der Waals surface area contributed by atoms with E-state index >= 15 is 0 Å². The van der Waals surface area contributed by atoms with Crippen molar-refractivity contribution in [2.45, 2.75) is 84.7 Å². The molecular weight excluding hydrogens is 352 g/mol. The number of nitrogens with zero attached hydrogens (tertiary/aromatic N) is 1. The molecule has 1 aromatic rings. The summed E-state index contributed by atoms with van der Waals surface area (Å²) in [4.78, 5) is 9.00. The molecule has 4 aliphatic carbocycles. The molecule has 4 aliphatic rings. The Balaban J connectivity index is 0.000000442. The molecule has 0 bridgehead atoms. The van der Waals surface area contributed by atoms with E-state index in [1.165, 1.54) is 56.2 Å².